The van der Waals surface area contributed by atoms with E-state index in [4.69, 9.17) is 5.11 Å². The molecule has 5 heteroatoms. The number of carboxylic acid groups (broad SMARTS) is 1. The predicted octanol–water partition coefficient (Wildman–Crippen LogP) is 3.02. The van der Waals surface area contributed by atoms with Crippen molar-refractivity contribution in [2.75, 3.05) is 0 Å². The van der Waals surface area contributed by atoms with E-state index in [0.717, 1.165) is 5.56 Å². The number of hydrogen-bond donors (Lipinski definition) is 1. The van der Waals surface area contributed by atoms with Gasteiger partial charge in [0, 0.05) is 10.9 Å². The zero-order chi connectivity index (χ0) is 11.6. The molecule has 0 radical (unpaired) electrons. The van der Waals surface area contributed by atoms with Crippen LogP contribution in [0.3, 0.4) is 0 Å². The number of halogens is 3. The fraction of sp³-hybridized carbons (Fsp3) is 0.300. The Labute approximate surface area is 94.0 Å². The van der Waals surface area contributed by atoms with Crippen molar-refractivity contribution in [1.82, 2.24) is 0 Å². The zero-order valence-electron chi connectivity index (χ0n) is 7.93. The number of rotatable bonds is 3. The SMILES string of the molecule is Cc1cc(Br)cc(CC(F)(F)C(=O)O)c1. The first-order valence-electron chi connectivity index (χ1n) is 4.18. The summed E-state index contributed by atoms with van der Waals surface area (Å²) in [7, 11) is 0. The van der Waals surface area contributed by atoms with Crippen LogP contribution >= 0.6 is 15.9 Å². The van der Waals surface area contributed by atoms with E-state index in [0.29, 0.717) is 10.0 Å². The summed E-state index contributed by atoms with van der Waals surface area (Å²) in [6.45, 7) is 1.76. The van der Waals surface area contributed by atoms with Gasteiger partial charge in [0.1, 0.15) is 0 Å². The molecule has 0 aromatic heterocycles. The highest BCUT2D eigenvalue weighted by molar-refractivity contribution is 9.10. The highest BCUT2D eigenvalue weighted by Gasteiger charge is 2.38. The third-order valence-electron chi connectivity index (χ3n) is 1.84. The number of carbonyl (C=O) groups is 1. The van der Waals surface area contributed by atoms with Gasteiger partial charge in [-0.05, 0) is 30.2 Å². The van der Waals surface area contributed by atoms with Crippen LogP contribution in [0.25, 0.3) is 0 Å². The van der Waals surface area contributed by atoms with Crippen LogP contribution in [0, 0.1) is 6.92 Å². The second kappa shape index (κ2) is 4.26. The molecule has 15 heavy (non-hydrogen) atoms. The largest absolute Gasteiger partial charge is 0.477 e. The second-order valence-corrected chi connectivity index (χ2v) is 4.24. The molecule has 0 atom stereocenters. The van der Waals surface area contributed by atoms with Crippen LogP contribution in [0.5, 0.6) is 0 Å². The molecule has 0 saturated carbocycles. The summed E-state index contributed by atoms with van der Waals surface area (Å²) < 4.78 is 26.4. The van der Waals surface area contributed by atoms with Crippen molar-refractivity contribution >= 4 is 21.9 Å². The van der Waals surface area contributed by atoms with Gasteiger partial charge in [0.25, 0.3) is 0 Å². The van der Waals surface area contributed by atoms with E-state index in [1.165, 1.54) is 6.07 Å². The van der Waals surface area contributed by atoms with Crippen LogP contribution in [-0.4, -0.2) is 17.0 Å². The molecular weight excluding hydrogens is 270 g/mol. The van der Waals surface area contributed by atoms with Gasteiger partial charge in [-0.15, -0.1) is 0 Å². The minimum Gasteiger partial charge on any atom is -0.477 e. The molecule has 0 heterocycles. The van der Waals surface area contributed by atoms with E-state index in [1.807, 2.05) is 0 Å². The van der Waals surface area contributed by atoms with Gasteiger partial charge in [-0.1, -0.05) is 22.0 Å². The number of aryl methyl sites for hydroxylation is 1. The Balaban J connectivity index is 2.94. The van der Waals surface area contributed by atoms with Gasteiger partial charge < -0.3 is 5.11 Å². The van der Waals surface area contributed by atoms with Crippen molar-refractivity contribution in [2.24, 2.45) is 0 Å². The topological polar surface area (TPSA) is 37.3 Å². The van der Waals surface area contributed by atoms with Gasteiger partial charge in [0.15, 0.2) is 0 Å². The molecule has 0 spiro atoms. The van der Waals surface area contributed by atoms with Crippen molar-refractivity contribution < 1.29 is 18.7 Å². The summed E-state index contributed by atoms with van der Waals surface area (Å²) in [5.74, 6) is -5.81. The Hall–Kier alpha value is -0.970. The van der Waals surface area contributed by atoms with Crippen molar-refractivity contribution in [3.05, 3.63) is 33.8 Å². The van der Waals surface area contributed by atoms with E-state index in [-0.39, 0.29) is 0 Å². The molecule has 1 aromatic carbocycles. The van der Waals surface area contributed by atoms with Gasteiger partial charge in [-0.2, -0.15) is 8.78 Å². The van der Waals surface area contributed by atoms with E-state index in [2.05, 4.69) is 15.9 Å². The minimum absolute atomic E-state index is 0.300. The van der Waals surface area contributed by atoms with Crippen LogP contribution in [-0.2, 0) is 11.2 Å². The average Bonchev–Trinajstić information content (AvgIpc) is 1.99. The van der Waals surface area contributed by atoms with Gasteiger partial charge in [0.2, 0.25) is 0 Å². The molecule has 0 aliphatic rings. The zero-order valence-corrected chi connectivity index (χ0v) is 9.51. The van der Waals surface area contributed by atoms with Crippen LogP contribution in [0.2, 0.25) is 0 Å². The number of benzene rings is 1. The first-order chi connectivity index (χ1) is 6.81. The Bertz CT molecular complexity index is 371. The molecule has 0 bridgehead atoms. The quantitative estimate of drug-likeness (QED) is 0.923. The van der Waals surface area contributed by atoms with E-state index in [1.54, 1.807) is 19.1 Å². The van der Waals surface area contributed by atoms with Crippen molar-refractivity contribution in [3.63, 3.8) is 0 Å². The highest BCUT2D eigenvalue weighted by Crippen LogP contribution is 2.23. The normalized spacial score (nSPS) is 11.5. The highest BCUT2D eigenvalue weighted by atomic mass is 79.9. The van der Waals surface area contributed by atoms with Gasteiger partial charge in [0.05, 0.1) is 0 Å². The van der Waals surface area contributed by atoms with E-state index < -0.39 is 18.3 Å². The summed E-state index contributed by atoms with van der Waals surface area (Å²) in [5, 5.41) is 8.28. The maximum Gasteiger partial charge on any atom is 0.374 e. The molecule has 0 aliphatic carbocycles. The number of carboxylic acids is 1. The molecule has 1 N–H and O–H groups in total. The van der Waals surface area contributed by atoms with Crippen molar-refractivity contribution in [3.8, 4) is 0 Å². The van der Waals surface area contributed by atoms with Crippen LogP contribution < -0.4 is 0 Å². The van der Waals surface area contributed by atoms with E-state index >= 15 is 0 Å². The number of alkyl halides is 2. The van der Waals surface area contributed by atoms with Crippen LogP contribution in [0.15, 0.2) is 22.7 Å². The lowest BCUT2D eigenvalue weighted by atomic mass is 10.1. The second-order valence-electron chi connectivity index (χ2n) is 3.32. The summed E-state index contributed by atoms with van der Waals surface area (Å²) in [5.41, 5.74) is 1.11. The Morgan fingerprint density at radius 1 is 1.47 bits per heavy atom. The Kier molecular flexibility index (Phi) is 3.44. The third-order valence-corrected chi connectivity index (χ3v) is 2.30. The first-order valence-corrected chi connectivity index (χ1v) is 4.98. The third kappa shape index (κ3) is 3.27. The van der Waals surface area contributed by atoms with Crippen molar-refractivity contribution in [1.29, 1.82) is 0 Å². The van der Waals surface area contributed by atoms with Crippen LogP contribution in [0.1, 0.15) is 11.1 Å². The minimum atomic E-state index is -3.72. The van der Waals surface area contributed by atoms with Gasteiger partial charge in [-0.3, -0.25) is 0 Å². The Morgan fingerprint density at radius 2 is 2.07 bits per heavy atom. The lowest BCUT2D eigenvalue weighted by molar-refractivity contribution is -0.164. The molecule has 0 amide bonds. The molecule has 82 valence electrons. The smallest absolute Gasteiger partial charge is 0.374 e. The molecule has 1 rings (SSSR count). The van der Waals surface area contributed by atoms with Gasteiger partial charge in [-0.25, -0.2) is 4.79 Å². The first kappa shape index (κ1) is 12.1. The van der Waals surface area contributed by atoms with Gasteiger partial charge >= 0.3 is 11.9 Å². The fourth-order valence-electron chi connectivity index (χ4n) is 1.25. The summed E-state index contributed by atoms with van der Waals surface area (Å²) in [4.78, 5) is 10.2. The Morgan fingerprint density at radius 3 is 2.53 bits per heavy atom. The van der Waals surface area contributed by atoms with Crippen molar-refractivity contribution in [2.45, 2.75) is 19.3 Å². The standard InChI is InChI=1S/C10H9BrF2O2/c1-6-2-7(4-8(11)3-6)5-10(12,13)9(14)15/h2-4H,5H2,1H3,(H,14,15). The molecule has 0 fully saturated rings. The number of aliphatic carboxylic acids is 1. The predicted molar refractivity (Wildman–Crippen MR) is 55.2 cm³/mol. The molecular formula is C10H9BrF2O2. The lowest BCUT2D eigenvalue weighted by Crippen LogP contribution is -2.30. The monoisotopic (exact) mass is 278 g/mol. The summed E-state index contributed by atoms with van der Waals surface area (Å²) in [6.07, 6.45) is -0.789. The fourth-order valence-corrected chi connectivity index (χ4v) is 1.90. The maximum absolute atomic E-state index is 12.9. The molecule has 0 unspecified atom stereocenters. The van der Waals surface area contributed by atoms with Crippen LogP contribution in [0.4, 0.5) is 8.78 Å². The summed E-state index contributed by atoms with van der Waals surface area (Å²) >= 11 is 3.17. The lowest BCUT2D eigenvalue weighted by Gasteiger charge is -2.11. The molecule has 0 saturated heterocycles. The summed E-state index contributed by atoms with van der Waals surface area (Å²) in [6, 6.07) is 4.80. The maximum atomic E-state index is 12.9. The molecule has 0 aliphatic heterocycles. The van der Waals surface area contributed by atoms with E-state index in [9.17, 15) is 13.6 Å². The average molecular weight is 279 g/mol. The number of hydrogen-bond acceptors (Lipinski definition) is 1. The molecule has 1 aromatic rings. The molecule has 2 nitrogen and oxygen atoms in total.